The van der Waals surface area contributed by atoms with Gasteiger partial charge in [-0.25, -0.2) is 9.59 Å². The van der Waals surface area contributed by atoms with Crippen LogP contribution in [0.4, 0.5) is 0 Å². The van der Waals surface area contributed by atoms with Crippen molar-refractivity contribution in [3.8, 4) is 0 Å². The molecule has 0 aliphatic carbocycles. The van der Waals surface area contributed by atoms with E-state index in [0.717, 1.165) is 0 Å². The zero-order valence-corrected chi connectivity index (χ0v) is 8.35. The van der Waals surface area contributed by atoms with Gasteiger partial charge in [0.25, 0.3) is 0 Å². The van der Waals surface area contributed by atoms with Crippen LogP contribution in [0.25, 0.3) is 0 Å². The summed E-state index contributed by atoms with van der Waals surface area (Å²) in [6.07, 6.45) is 0.421. The number of hydrogen-bond acceptors (Lipinski definition) is 3. The molecule has 0 rings (SSSR count). The maximum absolute atomic E-state index is 10.9. The van der Waals surface area contributed by atoms with Gasteiger partial charge in [-0.05, 0) is 13.3 Å². The van der Waals surface area contributed by atoms with Gasteiger partial charge in [-0.2, -0.15) is 0 Å². The highest BCUT2D eigenvalue weighted by atomic mass is 35.5. The summed E-state index contributed by atoms with van der Waals surface area (Å²) >= 11 is 10.8. The van der Waals surface area contributed by atoms with Crippen LogP contribution in [-0.4, -0.2) is 22.7 Å². The highest BCUT2D eigenvalue weighted by Crippen LogP contribution is 2.05. The molecule has 2 unspecified atom stereocenters. The highest BCUT2D eigenvalue weighted by Gasteiger charge is 2.20. The summed E-state index contributed by atoms with van der Waals surface area (Å²) < 4.78 is 4.32. The van der Waals surface area contributed by atoms with Crippen molar-refractivity contribution in [1.82, 2.24) is 0 Å². The van der Waals surface area contributed by atoms with E-state index in [1.807, 2.05) is 0 Å². The normalized spacial score (nSPS) is 15.0. The van der Waals surface area contributed by atoms with Crippen LogP contribution in [0.5, 0.6) is 0 Å². The summed E-state index contributed by atoms with van der Waals surface area (Å²) in [6.45, 7) is 3.14. The van der Waals surface area contributed by atoms with Crippen LogP contribution >= 0.6 is 23.2 Å². The van der Waals surface area contributed by atoms with Crippen molar-refractivity contribution in [2.45, 2.75) is 31.0 Å². The summed E-state index contributed by atoms with van der Waals surface area (Å²) in [7, 11) is 0. The molecule has 12 heavy (non-hydrogen) atoms. The van der Waals surface area contributed by atoms with Gasteiger partial charge in [0, 0.05) is 0 Å². The first-order chi connectivity index (χ1) is 5.49. The van der Waals surface area contributed by atoms with Gasteiger partial charge in [-0.15, -0.1) is 23.2 Å². The quantitative estimate of drug-likeness (QED) is 0.407. The smallest absolute Gasteiger partial charge is 0.331 e. The van der Waals surface area contributed by atoms with Gasteiger partial charge >= 0.3 is 11.9 Å². The second kappa shape index (κ2) is 5.38. The van der Waals surface area contributed by atoms with Gasteiger partial charge in [0.1, 0.15) is 10.8 Å². The molecule has 70 valence electrons. The molecular formula is C7H10Cl2O3. The molecule has 0 aromatic carbocycles. The van der Waals surface area contributed by atoms with Crippen molar-refractivity contribution in [2.24, 2.45) is 0 Å². The molecule has 0 saturated heterocycles. The average Bonchev–Trinajstić information content (AvgIpc) is 2.02. The van der Waals surface area contributed by atoms with E-state index in [4.69, 9.17) is 23.2 Å². The molecule has 0 aliphatic rings. The fourth-order valence-corrected chi connectivity index (χ4v) is 0.500. The van der Waals surface area contributed by atoms with Crippen LogP contribution in [0.2, 0.25) is 0 Å². The Kier molecular flexibility index (Phi) is 5.25. The molecule has 0 aliphatic heterocycles. The predicted octanol–water partition coefficient (Wildman–Crippen LogP) is 1.70. The highest BCUT2D eigenvalue weighted by molar-refractivity contribution is 6.32. The third-order valence-corrected chi connectivity index (χ3v) is 1.81. The van der Waals surface area contributed by atoms with Crippen molar-refractivity contribution in [2.75, 3.05) is 0 Å². The molecule has 0 heterocycles. The second-order valence-corrected chi connectivity index (χ2v) is 3.41. The molecule has 3 nitrogen and oxygen atoms in total. The number of rotatable bonds is 3. The Morgan fingerprint density at radius 1 is 1.33 bits per heavy atom. The Morgan fingerprint density at radius 3 is 2.17 bits per heavy atom. The van der Waals surface area contributed by atoms with E-state index in [9.17, 15) is 9.59 Å². The van der Waals surface area contributed by atoms with Crippen molar-refractivity contribution in [3.05, 3.63) is 0 Å². The predicted molar refractivity (Wildman–Crippen MR) is 46.3 cm³/mol. The third kappa shape index (κ3) is 3.93. The van der Waals surface area contributed by atoms with Crippen molar-refractivity contribution < 1.29 is 14.3 Å². The Hall–Kier alpha value is -0.280. The van der Waals surface area contributed by atoms with Crippen LogP contribution in [0.1, 0.15) is 20.3 Å². The van der Waals surface area contributed by atoms with Gasteiger partial charge in [0.15, 0.2) is 0 Å². The lowest BCUT2D eigenvalue weighted by Crippen LogP contribution is -2.24. The molecule has 0 radical (unpaired) electrons. The van der Waals surface area contributed by atoms with Gasteiger partial charge in [-0.1, -0.05) is 6.92 Å². The van der Waals surface area contributed by atoms with Crippen molar-refractivity contribution in [1.29, 1.82) is 0 Å². The summed E-state index contributed by atoms with van der Waals surface area (Å²) in [5.41, 5.74) is 0. The first-order valence-corrected chi connectivity index (χ1v) is 4.40. The molecule has 0 amide bonds. The van der Waals surface area contributed by atoms with Gasteiger partial charge < -0.3 is 4.74 Å². The van der Waals surface area contributed by atoms with Gasteiger partial charge in [0.05, 0.1) is 0 Å². The number of hydrogen-bond donors (Lipinski definition) is 0. The fraction of sp³-hybridized carbons (Fsp3) is 0.714. The Morgan fingerprint density at radius 2 is 1.83 bits per heavy atom. The summed E-state index contributed by atoms with van der Waals surface area (Å²) in [6, 6.07) is 0. The van der Waals surface area contributed by atoms with Crippen LogP contribution in [-0.2, 0) is 14.3 Å². The molecule has 0 aromatic heterocycles. The monoisotopic (exact) mass is 212 g/mol. The molecular weight excluding hydrogens is 203 g/mol. The molecule has 2 atom stereocenters. The maximum atomic E-state index is 10.9. The molecule has 0 bridgehead atoms. The summed E-state index contributed by atoms with van der Waals surface area (Å²) in [4.78, 5) is 21.6. The minimum Gasteiger partial charge on any atom is -0.391 e. The molecule has 5 heteroatoms. The lowest BCUT2D eigenvalue weighted by atomic mass is 10.3. The van der Waals surface area contributed by atoms with Crippen molar-refractivity contribution in [3.63, 3.8) is 0 Å². The van der Waals surface area contributed by atoms with Gasteiger partial charge in [0.2, 0.25) is 0 Å². The minimum atomic E-state index is -0.824. The molecule has 0 N–H and O–H groups in total. The average molecular weight is 213 g/mol. The Bertz CT molecular complexity index is 179. The van der Waals surface area contributed by atoms with E-state index in [2.05, 4.69) is 4.74 Å². The largest absolute Gasteiger partial charge is 0.391 e. The Balaban J connectivity index is 3.93. The minimum absolute atomic E-state index is 0.421. The molecule has 0 fully saturated rings. The number of alkyl halides is 2. The zero-order chi connectivity index (χ0) is 9.72. The number of esters is 2. The van der Waals surface area contributed by atoms with E-state index in [1.165, 1.54) is 6.92 Å². The van der Waals surface area contributed by atoms with Crippen LogP contribution in [0.15, 0.2) is 0 Å². The Labute approximate surface area is 81.0 Å². The van der Waals surface area contributed by atoms with E-state index < -0.39 is 22.7 Å². The lowest BCUT2D eigenvalue weighted by Gasteiger charge is -2.06. The second-order valence-electron chi connectivity index (χ2n) is 2.23. The van der Waals surface area contributed by atoms with E-state index in [0.29, 0.717) is 6.42 Å². The van der Waals surface area contributed by atoms with Crippen molar-refractivity contribution >= 4 is 35.1 Å². The molecule has 0 aromatic rings. The lowest BCUT2D eigenvalue weighted by molar-refractivity contribution is -0.158. The number of carbonyl (C=O) groups is 2. The van der Waals surface area contributed by atoms with Crippen LogP contribution in [0.3, 0.4) is 0 Å². The molecule has 0 saturated carbocycles. The standard InChI is InChI=1S/C7H10Cl2O3/c1-3-5(9)7(11)12-6(10)4(2)8/h4-5H,3H2,1-2H3. The maximum Gasteiger partial charge on any atom is 0.331 e. The third-order valence-electron chi connectivity index (χ3n) is 1.14. The first-order valence-electron chi connectivity index (χ1n) is 3.52. The van der Waals surface area contributed by atoms with E-state index >= 15 is 0 Å². The fourth-order valence-electron chi connectivity index (χ4n) is 0.411. The van der Waals surface area contributed by atoms with Crippen LogP contribution < -0.4 is 0 Å². The van der Waals surface area contributed by atoms with Crippen LogP contribution in [0, 0.1) is 0 Å². The van der Waals surface area contributed by atoms with Gasteiger partial charge in [-0.3, -0.25) is 0 Å². The SMILES string of the molecule is CCC(Cl)C(=O)OC(=O)C(C)Cl. The number of carbonyl (C=O) groups excluding carboxylic acids is 2. The number of halogens is 2. The number of ether oxygens (including phenoxy) is 1. The van der Waals surface area contributed by atoms with E-state index in [1.54, 1.807) is 6.92 Å². The summed E-state index contributed by atoms with van der Waals surface area (Å²) in [5, 5.41) is -1.60. The topological polar surface area (TPSA) is 43.4 Å². The first kappa shape index (κ1) is 11.7. The molecule has 0 spiro atoms. The van der Waals surface area contributed by atoms with E-state index in [-0.39, 0.29) is 0 Å². The zero-order valence-electron chi connectivity index (χ0n) is 6.84. The summed E-state index contributed by atoms with van der Waals surface area (Å²) in [5.74, 6) is -1.50.